The predicted octanol–water partition coefficient (Wildman–Crippen LogP) is 6.33. The number of benzene rings is 3. The van der Waals surface area contributed by atoms with Crippen LogP contribution in [0.25, 0.3) is 0 Å². The van der Waals surface area contributed by atoms with Gasteiger partial charge in [-0.3, -0.25) is 9.59 Å². The first-order chi connectivity index (χ1) is 23.5. The Labute approximate surface area is 295 Å². The highest BCUT2D eigenvalue weighted by Gasteiger charge is 2.43. The van der Waals surface area contributed by atoms with E-state index in [-0.39, 0.29) is 24.6 Å². The second-order valence-electron chi connectivity index (χ2n) is 15.0. The van der Waals surface area contributed by atoms with Crippen molar-refractivity contribution >= 4 is 23.9 Å². The molecule has 3 N–H and O–H groups in total. The van der Waals surface area contributed by atoms with Gasteiger partial charge in [0.1, 0.15) is 35.1 Å². The molecule has 268 valence electrons. The van der Waals surface area contributed by atoms with E-state index in [1.165, 1.54) is 12.1 Å². The van der Waals surface area contributed by atoms with Crippen LogP contribution in [0.4, 0.5) is 4.79 Å². The van der Waals surface area contributed by atoms with E-state index in [2.05, 4.69) is 10.6 Å². The Kier molecular flexibility index (Phi) is 12.3. The van der Waals surface area contributed by atoms with Crippen LogP contribution in [0.2, 0.25) is 0 Å². The molecular formula is C40H51N3O7. The number of esters is 1. The lowest BCUT2D eigenvalue weighted by atomic mass is 9.87. The smallest absolute Gasteiger partial charge is 0.408 e. The van der Waals surface area contributed by atoms with E-state index in [1.54, 1.807) is 58.6 Å². The average Bonchev–Trinajstić information content (AvgIpc) is 2.99. The number of alkyl carbamates (subject to hydrolysis) is 1. The average molecular weight is 686 g/mol. The maximum atomic E-state index is 14.9. The number of ether oxygens (including phenoxy) is 2. The highest BCUT2D eigenvalue weighted by atomic mass is 16.6. The van der Waals surface area contributed by atoms with E-state index < -0.39 is 53.2 Å². The van der Waals surface area contributed by atoms with Gasteiger partial charge in [-0.2, -0.15) is 0 Å². The Balaban J connectivity index is 1.76. The Morgan fingerprint density at radius 3 is 1.86 bits per heavy atom. The minimum atomic E-state index is -1.13. The second-order valence-corrected chi connectivity index (χ2v) is 15.0. The molecule has 3 atom stereocenters. The molecule has 0 aliphatic heterocycles. The molecule has 0 heterocycles. The van der Waals surface area contributed by atoms with Crippen molar-refractivity contribution in [3.63, 3.8) is 0 Å². The van der Waals surface area contributed by atoms with Crippen LogP contribution in [0.5, 0.6) is 5.75 Å². The summed E-state index contributed by atoms with van der Waals surface area (Å²) < 4.78 is 11.3. The van der Waals surface area contributed by atoms with Crippen LogP contribution >= 0.6 is 0 Å². The Morgan fingerprint density at radius 1 is 0.760 bits per heavy atom. The van der Waals surface area contributed by atoms with Crippen molar-refractivity contribution in [1.29, 1.82) is 0 Å². The first-order valence-corrected chi connectivity index (χ1v) is 17.2. The SMILES string of the molecule is Cc1ccc(C(C(=O)NC(Cc2ccccc2)C(=O)OC(C)(C)C)N(C(=O)C(Cc2ccc(O)cc2)NC(=O)OC(C)(C)C)C2CCC2)cc1. The Morgan fingerprint density at radius 2 is 1.32 bits per heavy atom. The van der Waals surface area contributed by atoms with E-state index in [1.807, 2.05) is 61.5 Å². The van der Waals surface area contributed by atoms with Crippen molar-refractivity contribution < 1.29 is 33.8 Å². The molecule has 1 saturated carbocycles. The topological polar surface area (TPSA) is 134 Å². The summed E-state index contributed by atoms with van der Waals surface area (Å²) in [6.07, 6.45) is 1.69. The number of amides is 3. The van der Waals surface area contributed by atoms with Crippen LogP contribution in [0, 0.1) is 6.92 Å². The maximum Gasteiger partial charge on any atom is 0.408 e. The van der Waals surface area contributed by atoms with Crippen LogP contribution < -0.4 is 10.6 Å². The highest BCUT2D eigenvalue weighted by Crippen LogP contribution is 2.34. The number of aromatic hydroxyl groups is 1. The van der Waals surface area contributed by atoms with Gasteiger partial charge in [0, 0.05) is 18.9 Å². The van der Waals surface area contributed by atoms with E-state index in [4.69, 9.17) is 9.47 Å². The van der Waals surface area contributed by atoms with E-state index in [9.17, 15) is 24.3 Å². The van der Waals surface area contributed by atoms with Gasteiger partial charge in [-0.25, -0.2) is 9.59 Å². The van der Waals surface area contributed by atoms with Gasteiger partial charge in [0.2, 0.25) is 11.8 Å². The summed E-state index contributed by atoms with van der Waals surface area (Å²) in [6.45, 7) is 12.4. The second kappa shape index (κ2) is 16.2. The number of carbonyl (C=O) groups is 4. The molecule has 3 aromatic rings. The largest absolute Gasteiger partial charge is 0.508 e. The molecule has 4 rings (SSSR count). The van der Waals surface area contributed by atoms with Crippen molar-refractivity contribution in [1.82, 2.24) is 15.5 Å². The van der Waals surface area contributed by atoms with E-state index in [0.29, 0.717) is 24.0 Å². The van der Waals surface area contributed by atoms with Crippen LogP contribution in [-0.2, 0) is 36.7 Å². The number of aryl methyl sites for hydroxylation is 1. The Hall–Kier alpha value is -4.86. The molecule has 0 spiro atoms. The summed E-state index contributed by atoms with van der Waals surface area (Å²) in [4.78, 5) is 57.8. The zero-order valence-corrected chi connectivity index (χ0v) is 30.2. The number of hydrogen-bond donors (Lipinski definition) is 3. The lowest BCUT2D eigenvalue weighted by Gasteiger charge is -2.44. The molecule has 50 heavy (non-hydrogen) atoms. The third-order valence-corrected chi connectivity index (χ3v) is 8.30. The summed E-state index contributed by atoms with van der Waals surface area (Å²) >= 11 is 0. The molecule has 1 aliphatic carbocycles. The number of phenols is 1. The fourth-order valence-electron chi connectivity index (χ4n) is 5.73. The first kappa shape index (κ1) is 38.0. The van der Waals surface area contributed by atoms with Gasteiger partial charge in [0.15, 0.2) is 0 Å². The lowest BCUT2D eigenvalue weighted by Crippen LogP contribution is -2.59. The minimum absolute atomic E-state index is 0.0685. The zero-order chi connectivity index (χ0) is 36.6. The summed E-state index contributed by atoms with van der Waals surface area (Å²) in [6, 6.07) is 19.5. The van der Waals surface area contributed by atoms with Crippen LogP contribution in [-0.4, -0.2) is 63.2 Å². The number of rotatable bonds is 12. The number of phenolic OH excluding ortho intramolecular Hbond substituents is 1. The van der Waals surface area contributed by atoms with Crippen molar-refractivity contribution in [3.8, 4) is 5.75 Å². The quantitative estimate of drug-likeness (QED) is 0.190. The van der Waals surface area contributed by atoms with Crippen molar-refractivity contribution in [3.05, 3.63) is 101 Å². The van der Waals surface area contributed by atoms with Crippen LogP contribution in [0.15, 0.2) is 78.9 Å². The Bertz CT molecular complexity index is 1610. The minimum Gasteiger partial charge on any atom is -0.508 e. The molecule has 0 radical (unpaired) electrons. The van der Waals surface area contributed by atoms with Gasteiger partial charge >= 0.3 is 12.1 Å². The summed E-state index contributed by atoms with van der Waals surface area (Å²) in [5, 5.41) is 15.6. The molecule has 0 bridgehead atoms. The fraction of sp³-hybridized carbons (Fsp3) is 0.450. The molecule has 3 aromatic carbocycles. The fourth-order valence-corrected chi connectivity index (χ4v) is 5.73. The number of nitrogens with zero attached hydrogens (tertiary/aromatic N) is 1. The molecule has 3 amide bonds. The van der Waals surface area contributed by atoms with Crippen molar-refractivity contribution in [2.45, 2.75) is 116 Å². The maximum absolute atomic E-state index is 14.9. The van der Waals surface area contributed by atoms with E-state index >= 15 is 0 Å². The van der Waals surface area contributed by atoms with Gasteiger partial charge in [-0.15, -0.1) is 0 Å². The molecule has 1 fully saturated rings. The highest BCUT2D eigenvalue weighted by molar-refractivity contribution is 5.94. The van der Waals surface area contributed by atoms with Crippen LogP contribution in [0.3, 0.4) is 0 Å². The molecule has 3 unspecified atom stereocenters. The van der Waals surface area contributed by atoms with Gasteiger partial charge in [-0.05, 0) is 96.6 Å². The van der Waals surface area contributed by atoms with Crippen LogP contribution in [0.1, 0.15) is 89.1 Å². The third kappa shape index (κ3) is 11.1. The standard InChI is InChI=1S/C40H51N3O7/c1-26-16-20-29(21-17-26)34(35(45)41-33(37(47)49-39(2,3)4)25-27-12-9-8-10-13-27)43(30-14-11-15-30)36(46)32(42-38(48)50-40(5,6)7)24-28-18-22-31(44)23-19-28/h8-10,12-13,16-23,30,32-34,44H,11,14-15,24-25H2,1-7H3,(H,41,45)(H,42,48). The summed E-state index contributed by atoms with van der Waals surface area (Å²) in [5.74, 6) is -1.53. The number of nitrogens with one attached hydrogen (secondary N) is 2. The summed E-state index contributed by atoms with van der Waals surface area (Å²) in [5.41, 5.74) is 1.45. The van der Waals surface area contributed by atoms with Gasteiger partial charge in [0.25, 0.3) is 0 Å². The molecule has 0 saturated heterocycles. The zero-order valence-electron chi connectivity index (χ0n) is 30.2. The number of carbonyl (C=O) groups excluding carboxylic acids is 4. The van der Waals surface area contributed by atoms with E-state index in [0.717, 1.165) is 17.5 Å². The first-order valence-electron chi connectivity index (χ1n) is 17.2. The summed E-state index contributed by atoms with van der Waals surface area (Å²) in [7, 11) is 0. The normalized spacial score (nSPS) is 15.1. The van der Waals surface area contributed by atoms with Crippen molar-refractivity contribution in [2.24, 2.45) is 0 Å². The third-order valence-electron chi connectivity index (χ3n) is 8.30. The molecule has 10 nitrogen and oxygen atoms in total. The van der Waals surface area contributed by atoms with Gasteiger partial charge in [-0.1, -0.05) is 72.3 Å². The molecule has 1 aliphatic rings. The van der Waals surface area contributed by atoms with Crippen molar-refractivity contribution in [2.75, 3.05) is 0 Å². The monoisotopic (exact) mass is 685 g/mol. The molecule has 0 aromatic heterocycles. The molecular weight excluding hydrogens is 634 g/mol. The number of hydrogen-bond acceptors (Lipinski definition) is 7. The van der Waals surface area contributed by atoms with Gasteiger partial charge < -0.3 is 30.1 Å². The molecule has 10 heteroatoms. The predicted molar refractivity (Wildman–Crippen MR) is 191 cm³/mol. The van der Waals surface area contributed by atoms with Gasteiger partial charge in [0.05, 0.1) is 0 Å². The lowest BCUT2D eigenvalue weighted by molar-refractivity contribution is -0.159.